The Labute approximate surface area is 91.6 Å². The highest BCUT2D eigenvalue weighted by Crippen LogP contribution is 2.24. The molecule has 0 saturated carbocycles. The molecule has 0 aliphatic rings. The molecule has 0 aliphatic carbocycles. The van der Waals surface area contributed by atoms with Gasteiger partial charge in [-0.2, -0.15) is 0 Å². The number of fused-ring (bicyclic) bond motifs is 1. The van der Waals surface area contributed by atoms with E-state index in [1.165, 1.54) is 7.11 Å². The molecular weight excluding hydrogens is 214 g/mol. The van der Waals surface area contributed by atoms with Crippen LogP contribution in [0.3, 0.4) is 0 Å². The molecule has 1 heterocycles. The van der Waals surface area contributed by atoms with Crippen molar-refractivity contribution in [1.82, 2.24) is 4.98 Å². The lowest BCUT2D eigenvalue weighted by molar-refractivity contribution is 0.0603. The Morgan fingerprint density at radius 2 is 2.13 bits per heavy atom. The maximum absolute atomic E-state index is 11.5. The van der Waals surface area contributed by atoms with Crippen LogP contribution in [-0.4, -0.2) is 18.1 Å². The summed E-state index contributed by atoms with van der Waals surface area (Å²) in [5, 5.41) is 1.78. The summed E-state index contributed by atoms with van der Waals surface area (Å²) in [4.78, 5) is 15.4. The van der Waals surface area contributed by atoms with Gasteiger partial charge in [-0.3, -0.25) is 0 Å². The Morgan fingerprint density at radius 1 is 1.40 bits per heavy atom. The number of rotatable bonds is 1. The van der Waals surface area contributed by atoms with Gasteiger partial charge in [0, 0.05) is 17.0 Å². The highest BCUT2D eigenvalue weighted by atomic mass is 35.5. The first-order valence-corrected chi connectivity index (χ1v) is 4.73. The Bertz CT molecular complexity index is 525. The van der Waals surface area contributed by atoms with E-state index in [4.69, 9.17) is 11.6 Å². The largest absolute Gasteiger partial charge is 0.465 e. The second kappa shape index (κ2) is 3.87. The summed E-state index contributed by atoms with van der Waals surface area (Å²) in [6.07, 6.45) is 1.63. The maximum atomic E-state index is 11.5. The van der Waals surface area contributed by atoms with Crippen molar-refractivity contribution in [2.24, 2.45) is 0 Å². The lowest BCUT2D eigenvalue weighted by Gasteiger charge is -2.05. The minimum Gasteiger partial charge on any atom is -0.465 e. The van der Waals surface area contributed by atoms with Crippen molar-refractivity contribution in [2.45, 2.75) is 0 Å². The first-order chi connectivity index (χ1) is 7.24. The number of halogens is 1. The number of pyridine rings is 1. The van der Waals surface area contributed by atoms with Gasteiger partial charge in [0.15, 0.2) is 0 Å². The van der Waals surface area contributed by atoms with Crippen molar-refractivity contribution in [3.63, 3.8) is 0 Å². The fraction of sp³-hybridized carbons (Fsp3) is 0.0909. The van der Waals surface area contributed by atoms with Crippen molar-refractivity contribution in [3.8, 4) is 0 Å². The molecule has 15 heavy (non-hydrogen) atoms. The number of ether oxygens (including phenoxy) is 1. The third-order valence-corrected chi connectivity index (χ3v) is 2.43. The smallest absolute Gasteiger partial charge is 0.341 e. The summed E-state index contributed by atoms with van der Waals surface area (Å²) in [6.45, 7) is 0. The highest BCUT2D eigenvalue weighted by molar-refractivity contribution is 6.34. The molecule has 0 spiro atoms. The quantitative estimate of drug-likeness (QED) is 0.549. The van der Waals surface area contributed by atoms with Crippen LogP contribution in [-0.2, 0) is 4.74 Å². The molecule has 1 aromatic heterocycles. The Balaban J connectivity index is 2.79. The van der Waals surface area contributed by atoms with Crippen LogP contribution in [0.5, 0.6) is 0 Å². The minimum atomic E-state index is -0.468. The summed E-state index contributed by atoms with van der Waals surface area (Å²) in [7, 11) is 1.32. The molecule has 3 nitrogen and oxygen atoms in total. The lowest BCUT2D eigenvalue weighted by atomic mass is 10.1. The van der Waals surface area contributed by atoms with Gasteiger partial charge in [0.1, 0.15) is 10.7 Å². The van der Waals surface area contributed by atoms with Crippen LogP contribution in [0.25, 0.3) is 10.8 Å². The molecule has 0 aliphatic heterocycles. The van der Waals surface area contributed by atoms with E-state index in [0.29, 0.717) is 5.56 Å². The molecule has 0 N–H and O–H groups in total. The van der Waals surface area contributed by atoms with Gasteiger partial charge in [-0.05, 0) is 0 Å². The molecule has 4 heteroatoms. The molecule has 0 radical (unpaired) electrons. The number of hydrogen-bond donors (Lipinski definition) is 0. The number of esters is 1. The topological polar surface area (TPSA) is 39.2 Å². The van der Waals surface area contributed by atoms with E-state index in [-0.39, 0.29) is 5.15 Å². The first-order valence-electron chi connectivity index (χ1n) is 4.35. The van der Waals surface area contributed by atoms with Crippen molar-refractivity contribution in [3.05, 3.63) is 41.2 Å². The van der Waals surface area contributed by atoms with Gasteiger partial charge in [0.25, 0.3) is 0 Å². The molecular formula is C11H8ClNO2. The van der Waals surface area contributed by atoms with Crippen LogP contribution in [0.4, 0.5) is 0 Å². The SMILES string of the molecule is COC(=O)c1c(Cl)ncc2ccccc12. The van der Waals surface area contributed by atoms with Crippen LogP contribution < -0.4 is 0 Å². The fourth-order valence-electron chi connectivity index (χ4n) is 1.44. The first kappa shape index (κ1) is 9.93. The van der Waals surface area contributed by atoms with E-state index < -0.39 is 5.97 Å². The van der Waals surface area contributed by atoms with Gasteiger partial charge < -0.3 is 4.74 Å². The lowest BCUT2D eigenvalue weighted by Crippen LogP contribution is -2.04. The average molecular weight is 222 g/mol. The summed E-state index contributed by atoms with van der Waals surface area (Å²) in [5.41, 5.74) is 0.317. The van der Waals surface area contributed by atoms with Crippen LogP contribution in [0.1, 0.15) is 10.4 Å². The number of nitrogens with zero attached hydrogens (tertiary/aromatic N) is 1. The Morgan fingerprint density at radius 3 is 2.87 bits per heavy atom. The number of methoxy groups -OCH3 is 1. The molecule has 0 fully saturated rings. The van der Waals surface area contributed by atoms with E-state index in [2.05, 4.69) is 9.72 Å². The van der Waals surface area contributed by atoms with E-state index in [9.17, 15) is 4.79 Å². The van der Waals surface area contributed by atoms with E-state index in [0.717, 1.165) is 10.8 Å². The molecule has 0 amide bonds. The standard InChI is InChI=1S/C11H8ClNO2/c1-15-11(14)9-8-5-3-2-4-7(8)6-13-10(9)12/h2-6H,1H3. The van der Waals surface area contributed by atoms with E-state index in [1.54, 1.807) is 6.20 Å². The van der Waals surface area contributed by atoms with Crippen LogP contribution in [0.15, 0.2) is 30.5 Å². The predicted octanol–water partition coefficient (Wildman–Crippen LogP) is 2.67. The van der Waals surface area contributed by atoms with Crippen molar-refractivity contribution in [1.29, 1.82) is 0 Å². The third kappa shape index (κ3) is 1.66. The molecule has 0 bridgehead atoms. The van der Waals surface area contributed by atoms with Crippen LogP contribution in [0.2, 0.25) is 5.15 Å². The molecule has 0 unspecified atom stereocenters. The maximum Gasteiger partial charge on any atom is 0.341 e. The molecule has 0 atom stereocenters. The van der Waals surface area contributed by atoms with Crippen LogP contribution >= 0.6 is 11.6 Å². The van der Waals surface area contributed by atoms with Gasteiger partial charge in [-0.1, -0.05) is 35.9 Å². The predicted molar refractivity (Wildman–Crippen MR) is 58.1 cm³/mol. The van der Waals surface area contributed by atoms with E-state index in [1.807, 2.05) is 24.3 Å². The second-order valence-corrected chi connectivity index (χ2v) is 3.36. The molecule has 1 aromatic carbocycles. The number of benzene rings is 1. The van der Waals surface area contributed by atoms with Gasteiger partial charge in [0.2, 0.25) is 0 Å². The van der Waals surface area contributed by atoms with E-state index >= 15 is 0 Å². The number of carbonyl (C=O) groups is 1. The summed E-state index contributed by atoms with van der Waals surface area (Å²) in [5.74, 6) is -0.468. The summed E-state index contributed by atoms with van der Waals surface area (Å²) in [6, 6.07) is 7.39. The van der Waals surface area contributed by atoms with Crippen molar-refractivity contribution >= 4 is 28.3 Å². The Kier molecular flexibility index (Phi) is 2.56. The summed E-state index contributed by atoms with van der Waals surface area (Å²) < 4.78 is 4.66. The third-order valence-electron chi connectivity index (χ3n) is 2.14. The monoisotopic (exact) mass is 221 g/mol. The van der Waals surface area contributed by atoms with Crippen molar-refractivity contribution in [2.75, 3.05) is 7.11 Å². The second-order valence-electron chi connectivity index (χ2n) is 3.00. The van der Waals surface area contributed by atoms with Gasteiger partial charge >= 0.3 is 5.97 Å². The number of aromatic nitrogens is 1. The molecule has 2 rings (SSSR count). The zero-order valence-corrected chi connectivity index (χ0v) is 8.78. The molecule has 76 valence electrons. The van der Waals surface area contributed by atoms with Gasteiger partial charge in [-0.15, -0.1) is 0 Å². The number of hydrogen-bond acceptors (Lipinski definition) is 3. The molecule has 2 aromatic rings. The molecule has 0 saturated heterocycles. The van der Waals surface area contributed by atoms with Crippen molar-refractivity contribution < 1.29 is 9.53 Å². The minimum absolute atomic E-state index is 0.167. The zero-order chi connectivity index (χ0) is 10.8. The highest BCUT2D eigenvalue weighted by Gasteiger charge is 2.15. The zero-order valence-electron chi connectivity index (χ0n) is 8.03. The summed E-state index contributed by atoms with van der Waals surface area (Å²) >= 11 is 5.86. The average Bonchev–Trinajstić information content (AvgIpc) is 2.28. The van der Waals surface area contributed by atoms with Gasteiger partial charge in [0.05, 0.1) is 7.11 Å². The van der Waals surface area contributed by atoms with Crippen LogP contribution in [0, 0.1) is 0 Å². The van der Waals surface area contributed by atoms with Gasteiger partial charge in [-0.25, -0.2) is 9.78 Å². The number of carbonyl (C=O) groups excluding carboxylic acids is 1. The fourth-order valence-corrected chi connectivity index (χ4v) is 1.66. The normalized spacial score (nSPS) is 10.3. The Hall–Kier alpha value is -1.61.